The monoisotopic (exact) mass is 311 g/mol. The highest BCUT2D eigenvalue weighted by atomic mass is 16.5. The standard InChI is InChI=1S/C20H25NO2/c1-3-23-20(22)15(2)14-18(21)19(16-10-6-4-7-11-16)17-12-8-5-9-13-17/h4-13,15,18-19H,3,14,21H2,1-2H3. The second-order valence-corrected chi connectivity index (χ2v) is 5.85. The van der Waals surface area contributed by atoms with Crippen molar-refractivity contribution in [3.05, 3.63) is 71.8 Å². The van der Waals surface area contributed by atoms with Crippen molar-refractivity contribution in [2.45, 2.75) is 32.2 Å². The van der Waals surface area contributed by atoms with E-state index in [0.29, 0.717) is 13.0 Å². The molecule has 0 saturated heterocycles. The van der Waals surface area contributed by atoms with Crippen LogP contribution in [0.1, 0.15) is 37.3 Å². The maximum atomic E-state index is 11.9. The van der Waals surface area contributed by atoms with Crippen LogP contribution in [-0.4, -0.2) is 18.6 Å². The maximum Gasteiger partial charge on any atom is 0.308 e. The van der Waals surface area contributed by atoms with Gasteiger partial charge < -0.3 is 10.5 Å². The van der Waals surface area contributed by atoms with Crippen LogP contribution < -0.4 is 5.73 Å². The minimum atomic E-state index is -0.208. The summed E-state index contributed by atoms with van der Waals surface area (Å²) in [7, 11) is 0. The van der Waals surface area contributed by atoms with E-state index in [9.17, 15) is 4.79 Å². The zero-order chi connectivity index (χ0) is 16.7. The lowest BCUT2D eigenvalue weighted by Gasteiger charge is -2.26. The van der Waals surface area contributed by atoms with Gasteiger partial charge in [0.15, 0.2) is 0 Å². The average molecular weight is 311 g/mol. The number of carbonyl (C=O) groups excluding carboxylic acids is 1. The molecule has 2 aromatic rings. The van der Waals surface area contributed by atoms with E-state index in [1.54, 1.807) is 0 Å². The molecule has 3 nitrogen and oxygen atoms in total. The van der Waals surface area contributed by atoms with Crippen molar-refractivity contribution in [2.75, 3.05) is 6.61 Å². The molecule has 0 bridgehead atoms. The Morgan fingerprint density at radius 3 is 1.91 bits per heavy atom. The lowest BCUT2D eigenvalue weighted by atomic mass is 9.82. The minimum absolute atomic E-state index is 0.0641. The summed E-state index contributed by atoms with van der Waals surface area (Å²) in [6, 6.07) is 20.3. The number of benzene rings is 2. The van der Waals surface area contributed by atoms with E-state index in [1.165, 1.54) is 11.1 Å². The van der Waals surface area contributed by atoms with Gasteiger partial charge in [-0.15, -0.1) is 0 Å². The number of esters is 1. The van der Waals surface area contributed by atoms with Crippen LogP contribution in [0, 0.1) is 5.92 Å². The summed E-state index contributed by atoms with van der Waals surface area (Å²) in [4.78, 5) is 11.9. The Labute approximate surface area is 138 Å². The first-order chi connectivity index (χ1) is 11.1. The molecule has 0 fully saturated rings. The molecule has 0 aliphatic carbocycles. The third-order valence-corrected chi connectivity index (χ3v) is 4.06. The predicted molar refractivity (Wildman–Crippen MR) is 93.1 cm³/mol. The Morgan fingerprint density at radius 2 is 1.48 bits per heavy atom. The number of hydrogen-bond acceptors (Lipinski definition) is 3. The van der Waals surface area contributed by atoms with E-state index in [2.05, 4.69) is 24.3 Å². The third kappa shape index (κ3) is 4.67. The molecule has 0 heterocycles. The van der Waals surface area contributed by atoms with Crippen LogP contribution in [0.3, 0.4) is 0 Å². The molecule has 0 amide bonds. The summed E-state index contributed by atoms with van der Waals surface area (Å²) >= 11 is 0. The molecular weight excluding hydrogens is 286 g/mol. The van der Waals surface area contributed by atoms with Gasteiger partial charge in [0.05, 0.1) is 12.5 Å². The van der Waals surface area contributed by atoms with E-state index in [0.717, 1.165) is 0 Å². The second-order valence-electron chi connectivity index (χ2n) is 5.85. The lowest BCUT2D eigenvalue weighted by Crippen LogP contribution is -2.33. The SMILES string of the molecule is CCOC(=O)C(C)CC(N)C(c1ccccc1)c1ccccc1. The number of carbonyl (C=O) groups is 1. The highest BCUT2D eigenvalue weighted by Crippen LogP contribution is 2.30. The molecule has 2 rings (SSSR count). The van der Waals surface area contributed by atoms with Crippen LogP contribution in [0.2, 0.25) is 0 Å². The molecule has 0 aromatic heterocycles. The first kappa shape index (κ1) is 17.2. The van der Waals surface area contributed by atoms with Crippen molar-refractivity contribution < 1.29 is 9.53 Å². The van der Waals surface area contributed by atoms with Gasteiger partial charge in [-0.1, -0.05) is 67.6 Å². The molecule has 2 atom stereocenters. The highest BCUT2D eigenvalue weighted by Gasteiger charge is 2.26. The fourth-order valence-corrected chi connectivity index (χ4v) is 2.93. The largest absolute Gasteiger partial charge is 0.466 e. The van der Waals surface area contributed by atoms with E-state index >= 15 is 0 Å². The molecule has 3 heteroatoms. The fraction of sp³-hybridized carbons (Fsp3) is 0.350. The van der Waals surface area contributed by atoms with Crippen molar-refractivity contribution in [2.24, 2.45) is 11.7 Å². The Balaban J connectivity index is 2.22. The first-order valence-electron chi connectivity index (χ1n) is 8.15. The molecular formula is C20H25NO2. The van der Waals surface area contributed by atoms with Gasteiger partial charge in [-0.25, -0.2) is 0 Å². The zero-order valence-electron chi connectivity index (χ0n) is 13.8. The summed E-state index contributed by atoms with van der Waals surface area (Å²) in [5, 5.41) is 0. The Hall–Kier alpha value is -2.13. The third-order valence-electron chi connectivity index (χ3n) is 4.06. The van der Waals surface area contributed by atoms with Crippen molar-refractivity contribution in [1.29, 1.82) is 0 Å². The summed E-state index contributed by atoms with van der Waals surface area (Å²) in [6.45, 7) is 4.10. The van der Waals surface area contributed by atoms with Gasteiger partial charge in [-0.05, 0) is 24.5 Å². The first-order valence-corrected chi connectivity index (χ1v) is 8.15. The van der Waals surface area contributed by atoms with Crippen molar-refractivity contribution in [3.8, 4) is 0 Å². The average Bonchev–Trinajstić information content (AvgIpc) is 2.57. The Kier molecular flexibility index (Phi) is 6.36. The predicted octanol–water partition coefficient (Wildman–Crippen LogP) is 3.74. The number of hydrogen-bond donors (Lipinski definition) is 1. The summed E-state index contributed by atoms with van der Waals surface area (Å²) in [5.41, 5.74) is 8.85. The van der Waals surface area contributed by atoms with Gasteiger partial charge in [0.25, 0.3) is 0 Å². The number of nitrogens with two attached hydrogens (primary N) is 1. The highest BCUT2D eigenvalue weighted by molar-refractivity contribution is 5.72. The van der Waals surface area contributed by atoms with Crippen LogP contribution in [0.4, 0.5) is 0 Å². The summed E-state index contributed by atoms with van der Waals surface area (Å²) in [5.74, 6) is -0.322. The van der Waals surface area contributed by atoms with Crippen LogP contribution >= 0.6 is 0 Å². The van der Waals surface area contributed by atoms with Crippen molar-refractivity contribution >= 4 is 5.97 Å². The number of ether oxygens (including phenoxy) is 1. The second kappa shape index (κ2) is 8.49. The lowest BCUT2D eigenvalue weighted by molar-refractivity contribution is -0.147. The quantitative estimate of drug-likeness (QED) is 0.793. The van der Waals surface area contributed by atoms with Crippen LogP contribution in [0.25, 0.3) is 0 Å². The normalized spacial score (nSPS) is 13.6. The van der Waals surface area contributed by atoms with Gasteiger partial charge >= 0.3 is 5.97 Å². The Bertz CT molecular complexity index is 558. The van der Waals surface area contributed by atoms with Crippen molar-refractivity contribution in [3.63, 3.8) is 0 Å². The van der Waals surface area contributed by atoms with Gasteiger partial charge in [-0.2, -0.15) is 0 Å². The number of rotatable bonds is 7. The van der Waals surface area contributed by atoms with Gasteiger partial charge in [0.2, 0.25) is 0 Å². The minimum Gasteiger partial charge on any atom is -0.466 e. The molecule has 0 aliphatic heterocycles. The molecule has 0 saturated carbocycles. The molecule has 0 spiro atoms. The molecule has 2 aromatic carbocycles. The van der Waals surface area contributed by atoms with Gasteiger partial charge in [0, 0.05) is 12.0 Å². The zero-order valence-corrected chi connectivity index (χ0v) is 13.8. The molecule has 0 radical (unpaired) electrons. The van der Waals surface area contributed by atoms with E-state index in [4.69, 9.17) is 10.5 Å². The van der Waals surface area contributed by atoms with Crippen LogP contribution in [-0.2, 0) is 9.53 Å². The Morgan fingerprint density at radius 1 is 1.00 bits per heavy atom. The molecule has 23 heavy (non-hydrogen) atoms. The summed E-state index contributed by atoms with van der Waals surface area (Å²) in [6.07, 6.45) is 0.591. The molecule has 2 N–H and O–H groups in total. The molecule has 122 valence electrons. The maximum absolute atomic E-state index is 11.9. The van der Waals surface area contributed by atoms with Crippen LogP contribution in [0.15, 0.2) is 60.7 Å². The van der Waals surface area contributed by atoms with Gasteiger partial charge in [0.1, 0.15) is 0 Å². The smallest absolute Gasteiger partial charge is 0.308 e. The van der Waals surface area contributed by atoms with Crippen LogP contribution in [0.5, 0.6) is 0 Å². The van der Waals surface area contributed by atoms with E-state index in [1.807, 2.05) is 50.2 Å². The van der Waals surface area contributed by atoms with E-state index < -0.39 is 0 Å². The topological polar surface area (TPSA) is 52.3 Å². The fourth-order valence-electron chi connectivity index (χ4n) is 2.93. The van der Waals surface area contributed by atoms with E-state index in [-0.39, 0.29) is 23.8 Å². The summed E-state index contributed by atoms with van der Waals surface area (Å²) < 4.78 is 5.10. The van der Waals surface area contributed by atoms with Gasteiger partial charge in [-0.3, -0.25) is 4.79 Å². The molecule has 0 aliphatic rings. The molecule has 2 unspecified atom stereocenters. The van der Waals surface area contributed by atoms with Crippen molar-refractivity contribution in [1.82, 2.24) is 0 Å².